The van der Waals surface area contributed by atoms with E-state index < -0.39 is 5.54 Å². The van der Waals surface area contributed by atoms with Gasteiger partial charge in [0, 0.05) is 6.54 Å². The Balaban J connectivity index is 2.83. The van der Waals surface area contributed by atoms with Crippen LogP contribution in [0.15, 0.2) is 0 Å². The van der Waals surface area contributed by atoms with E-state index in [9.17, 15) is 9.59 Å². The highest BCUT2D eigenvalue weighted by atomic mass is 16.2. The van der Waals surface area contributed by atoms with E-state index in [-0.39, 0.29) is 18.4 Å². The van der Waals surface area contributed by atoms with Crippen molar-refractivity contribution in [3.63, 3.8) is 0 Å². The van der Waals surface area contributed by atoms with Gasteiger partial charge in [-0.25, -0.2) is 0 Å². The van der Waals surface area contributed by atoms with Crippen molar-refractivity contribution in [2.45, 2.75) is 45.6 Å². The molecule has 15 heavy (non-hydrogen) atoms. The molecule has 1 N–H and O–H groups in total. The van der Waals surface area contributed by atoms with Crippen LogP contribution in [0.25, 0.3) is 0 Å². The number of carbonyl (C=O) groups is 2. The topological polar surface area (TPSA) is 49.4 Å². The number of hydrogen-bond donors (Lipinski definition) is 1. The predicted octanol–water partition coefficient (Wildman–Crippen LogP) is 0.914. The van der Waals surface area contributed by atoms with E-state index in [1.165, 1.54) is 0 Å². The smallest absolute Gasteiger partial charge is 0.246 e. The van der Waals surface area contributed by atoms with Crippen molar-refractivity contribution < 1.29 is 9.59 Å². The Morgan fingerprint density at radius 1 is 1.40 bits per heavy atom. The zero-order valence-electron chi connectivity index (χ0n) is 9.80. The van der Waals surface area contributed by atoms with Gasteiger partial charge in [0.05, 0.1) is 6.54 Å². The monoisotopic (exact) mass is 212 g/mol. The van der Waals surface area contributed by atoms with Gasteiger partial charge in [0.15, 0.2) is 0 Å². The Kier molecular flexibility index (Phi) is 3.72. The molecular formula is C11H20N2O2. The Morgan fingerprint density at radius 2 is 2.07 bits per heavy atom. The van der Waals surface area contributed by atoms with Gasteiger partial charge in [-0.2, -0.15) is 0 Å². The molecule has 1 aliphatic rings. The minimum Gasteiger partial charge on any atom is -0.345 e. The molecule has 0 spiro atoms. The lowest BCUT2D eigenvalue weighted by Gasteiger charge is -2.43. The summed E-state index contributed by atoms with van der Waals surface area (Å²) in [7, 11) is 0. The van der Waals surface area contributed by atoms with E-state index in [0.717, 1.165) is 12.8 Å². The first kappa shape index (κ1) is 12.0. The van der Waals surface area contributed by atoms with Gasteiger partial charge < -0.3 is 10.2 Å². The third-order valence-corrected chi connectivity index (χ3v) is 3.21. The number of amides is 2. The summed E-state index contributed by atoms with van der Waals surface area (Å²) in [6, 6.07) is 0. The maximum atomic E-state index is 11.8. The number of nitrogens with one attached hydrogen (secondary N) is 1. The Labute approximate surface area is 91.0 Å². The van der Waals surface area contributed by atoms with Gasteiger partial charge >= 0.3 is 0 Å². The summed E-state index contributed by atoms with van der Waals surface area (Å²) in [5.41, 5.74) is -0.648. The molecule has 2 amide bonds. The van der Waals surface area contributed by atoms with Crippen molar-refractivity contribution >= 4 is 11.8 Å². The number of unbranched alkanes of at least 4 members (excludes halogenated alkanes) is 1. The summed E-state index contributed by atoms with van der Waals surface area (Å²) >= 11 is 0. The number of rotatable bonds is 4. The van der Waals surface area contributed by atoms with Crippen molar-refractivity contribution in [3.8, 4) is 0 Å². The maximum Gasteiger partial charge on any atom is 0.246 e. The van der Waals surface area contributed by atoms with Crippen LogP contribution in [0, 0.1) is 0 Å². The first-order chi connectivity index (χ1) is 7.06. The lowest BCUT2D eigenvalue weighted by atomic mass is 9.92. The Hall–Kier alpha value is -1.06. The molecule has 1 heterocycles. The summed E-state index contributed by atoms with van der Waals surface area (Å²) in [5, 5.41) is 2.65. The molecule has 0 aromatic rings. The SMILES string of the molecule is CCCCN1C(=O)CNC(=O)C1(C)CC. The molecule has 1 atom stereocenters. The third-order valence-electron chi connectivity index (χ3n) is 3.21. The third kappa shape index (κ3) is 2.13. The van der Waals surface area contributed by atoms with E-state index in [4.69, 9.17) is 0 Å². The van der Waals surface area contributed by atoms with Crippen LogP contribution < -0.4 is 5.32 Å². The van der Waals surface area contributed by atoms with Crippen molar-refractivity contribution in [2.75, 3.05) is 13.1 Å². The fourth-order valence-corrected chi connectivity index (χ4v) is 1.88. The van der Waals surface area contributed by atoms with E-state index in [1.54, 1.807) is 4.90 Å². The zero-order chi connectivity index (χ0) is 11.5. The van der Waals surface area contributed by atoms with E-state index in [0.29, 0.717) is 13.0 Å². The molecule has 1 rings (SSSR count). The molecule has 86 valence electrons. The van der Waals surface area contributed by atoms with Gasteiger partial charge in [-0.15, -0.1) is 0 Å². The minimum atomic E-state index is -0.648. The number of carbonyl (C=O) groups excluding carboxylic acids is 2. The van der Waals surface area contributed by atoms with Crippen LogP contribution in [-0.2, 0) is 9.59 Å². The highest BCUT2D eigenvalue weighted by molar-refractivity contribution is 5.97. The predicted molar refractivity (Wildman–Crippen MR) is 58.3 cm³/mol. The second kappa shape index (κ2) is 4.64. The molecule has 1 aliphatic heterocycles. The maximum absolute atomic E-state index is 11.8. The van der Waals surface area contributed by atoms with Gasteiger partial charge in [0.2, 0.25) is 11.8 Å². The van der Waals surface area contributed by atoms with Crippen LogP contribution in [-0.4, -0.2) is 35.3 Å². The largest absolute Gasteiger partial charge is 0.345 e. The summed E-state index contributed by atoms with van der Waals surface area (Å²) in [6.45, 7) is 6.70. The zero-order valence-corrected chi connectivity index (χ0v) is 9.80. The molecule has 1 saturated heterocycles. The van der Waals surface area contributed by atoms with Gasteiger partial charge in [-0.1, -0.05) is 20.3 Å². The van der Waals surface area contributed by atoms with E-state index in [2.05, 4.69) is 12.2 Å². The average Bonchev–Trinajstić information content (AvgIpc) is 2.24. The molecule has 0 aliphatic carbocycles. The first-order valence-electron chi connectivity index (χ1n) is 5.65. The van der Waals surface area contributed by atoms with Gasteiger partial charge in [0.1, 0.15) is 5.54 Å². The molecule has 4 heteroatoms. The summed E-state index contributed by atoms with van der Waals surface area (Å²) in [6.07, 6.45) is 2.65. The fourth-order valence-electron chi connectivity index (χ4n) is 1.88. The molecule has 0 aromatic heterocycles. The number of nitrogens with zero attached hydrogens (tertiary/aromatic N) is 1. The standard InChI is InChI=1S/C11H20N2O2/c1-4-6-7-13-9(14)8-12-10(15)11(13,3)5-2/h4-8H2,1-3H3,(H,12,15). The summed E-state index contributed by atoms with van der Waals surface area (Å²) in [4.78, 5) is 25.2. The molecule has 0 saturated carbocycles. The quantitative estimate of drug-likeness (QED) is 0.753. The van der Waals surface area contributed by atoms with Crippen LogP contribution in [0.2, 0.25) is 0 Å². The van der Waals surface area contributed by atoms with Crippen LogP contribution in [0.1, 0.15) is 40.0 Å². The highest BCUT2D eigenvalue weighted by Gasteiger charge is 2.43. The molecule has 1 fully saturated rings. The second-order valence-electron chi connectivity index (χ2n) is 4.21. The lowest BCUT2D eigenvalue weighted by Crippen LogP contribution is -2.65. The summed E-state index contributed by atoms with van der Waals surface area (Å²) < 4.78 is 0. The van der Waals surface area contributed by atoms with Gasteiger partial charge in [-0.3, -0.25) is 9.59 Å². The Morgan fingerprint density at radius 3 is 2.60 bits per heavy atom. The first-order valence-corrected chi connectivity index (χ1v) is 5.65. The fraction of sp³-hybridized carbons (Fsp3) is 0.818. The second-order valence-corrected chi connectivity index (χ2v) is 4.21. The van der Waals surface area contributed by atoms with E-state index in [1.807, 2.05) is 13.8 Å². The number of hydrogen-bond acceptors (Lipinski definition) is 2. The normalized spacial score (nSPS) is 26.7. The lowest BCUT2D eigenvalue weighted by molar-refractivity contribution is -0.152. The molecule has 0 bridgehead atoms. The van der Waals surface area contributed by atoms with Crippen LogP contribution in [0.5, 0.6) is 0 Å². The molecule has 0 aromatic carbocycles. The molecule has 0 radical (unpaired) electrons. The summed E-state index contributed by atoms with van der Waals surface area (Å²) in [5.74, 6) is 0.00750. The van der Waals surface area contributed by atoms with Crippen molar-refractivity contribution in [1.29, 1.82) is 0 Å². The minimum absolute atomic E-state index is 0.0271. The molecular weight excluding hydrogens is 192 g/mol. The Bertz CT molecular complexity index is 265. The molecule has 4 nitrogen and oxygen atoms in total. The van der Waals surface area contributed by atoms with Crippen molar-refractivity contribution in [2.24, 2.45) is 0 Å². The van der Waals surface area contributed by atoms with Gasteiger partial charge in [0.25, 0.3) is 0 Å². The van der Waals surface area contributed by atoms with E-state index >= 15 is 0 Å². The average molecular weight is 212 g/mol. The van der Waals surface area contributed by atoms with Crippen LogP contribution in [0.3, 0.4) is 0 Å². The van der Waals surface area contributed by atoms with Crippen molar-refractivity contribution in [3.05, 3.63) is 0 Å². The van der Waals surface area contributed by atoms with Crippen LogP contribution >= 0.6 is 0 Å². The van der Waals surface area contributed by atoms with Crippen LogP contribution in [0.4, 0.5) is 0 Å². The highest BCUT2D eigenvalue weighted by Crippen LogP contribution is 2.23. The van der Waals surface area contributed by atoms with Gasteiger partial charge in [-0.05, 0) is 19.8 Å². The number of piperazine rings is 1. The van der Waals surface area contributed by atoms with Crippen molar-refractivity contribution in [1.82, 2.24) is 10.2 Å². The molecule has 1 unspecified atom stereocenters.